The van der Waals surface area contributed by atoms with Crippen LogP contribution < -0.4 is 5.32 Å². The van der Waals surface area contributed by atoms with E-state index in [1.165, 1.54) is 36.8 Å². The first-order chi connectivity index (χ1) is 10.3. The highest BCUT2D eigenvalue weighted by Crippen LogP contribution is 2.20. The molecule has 1 N–H and O–H groups in total. The zero-order chi connectivity index (χ0) is 14.9. The molecule has 0 fully saturated rings. The van der Waals surface area contributed by atoms with Gasteiger partial charge in [0.05, 0.1) is 5.25 Å². The summed E-state index contributed by atoms with van der Waals surface area (Å²) in [5.74, 6) is 1.05. The third-order valence-electron chi connectivity index (χ3n) is 3.84. The van der Waals surface area contributed by atoms with Crippen LogP contribution in [0.2, 0.25) is 0 Å². The molecule has 2 rings (SSSR count). The number of carbonyl (C=O) groups is 1. The Morgan fingerprint density at radius 3 is 2.81 bits per heavy atom. The molecule has 1 aromatic carbocycles. The monoisotopic (exact) mass is 303 g/mol. The van der Waals surface area contributed by atoms with E-state index in [2.05, 4.69) is 23.5 Å². The molecule has 3 heteroatoms. The third-order valence-corrected chi connectivity index (χ3v) is 5.06. The predicted molar refractivity (Wildman–Crippen MR) is 91.4 cm³/mol. The molecule has 1 aliphatic carbocycles. The Bertz CT molecular complexity index is 469. The number of allylic oxidation sites excluding steroid dienone is 1. The van der Waals surface area contributed by atoms with E-state index in [1.54, 1.807) is 11.8 Å². The fraction of sp³-hybridized carbons (Fsp3) is 0.500. The number of rotatable bonds is 7. The van der Waals surface area contributed by atoms with Gasteiger partial charge >= 0.3 is 0 Å². The van der Waals surface area contributed by atoms with E-state index >= 15 is 0 Å². The molecule has 0 saturated heterocycles. The highest BCUT2D eigenvalue weighted by atomic mass is 32.2. The van der Waals surface area contributed by atoms with Crippen molar-refractivity contribution >= 4 is 17.7 Å². The van der Waals surface area contributed by atoms with Gasteiger partial charge < -0.3 is 5.32 Å². The molecule has 2 nitrogen and oxygen atoms in total. The van der Waals surface area contributed by atoms with Gasteiger partial charge in [-0.3, -0.25) is 4.79 Å². The molecule has 0 spiro atoms. The normalized spacial score (nSPS) is 16.1. The van der Waals surface area contributed by atoms with Gasteiger partial charge in [0.2, 0.25) is 5.91 Å². The van der Waals surface area contributed by atoms with Crippen molar-refractivity contribution in [2.75, 3.05) is 6.54 Å². The Kier molecular flexibility index (Phi) is 6.87. The molecule has 114 valence electrons. The van der Waals surface area contributed by atoms with E-state index < -0.39 is 0 Å². The summed E-state index contributed by atoms with van der Waals surface area (Å²) in [4.78, 5) is 12.1. The van der Waals surface area contributed by atoms with E-state index in [0.717, 1.165) is 18.7 Å². The standard InChI is InChI=1S/C18H25NOS/c1-15(21-14-17-10-6-3-7-11-17)18(20)19-13-12-16-8-4-2-5-9-16/h3,6-8,10-11,15H,2,4-5,9,12-14H2,1H3,(H,19,20). The molecule has 0 bridgehead atoms. The third kappa shape index (κ3) is 5.96. The summed E-state index contributed by atoms with van der Waals surface area (Å²) in [5.41, 5.74) is 2.79. The first-order valence-corrected chi connectivity index (χ1v) is 8.92. The molecule has 0 saturated carbocycles. The van der Waals surface area contributed by atoms with Crippen molar-refractivity contribution in [1.29, 1.82) is 0 Å². The van der Waals surface area contributed by atoms with Crippen molar-refractivity contribution in [2.24, 2.45) is 0 Å². The summed E-state index contributed by atoms with van der Waals surface area (Å²) >= 11 is 1.70. The van der Waals surface area contributed by atoms with Crippen molar-refractivity contribution in [3.05, 3.63) is 47.5 Å². The van der Waals surface area contributed by atoms with Crippen LogP contribution in [0.3, 0.4) is 0 Å². The Morgan fingerprint density at radius 1 is 1.29 bits per heavy atom. The second-order valence-corrected chi connectivity index (χ2v) is 6.92. The number of nitrogens with one attached hydrogen (secondary N) is 1. The number of amides is 1. The topological polar surface area (TPSA) is 29.1 Å². The predicted octanol–water partition coefficient (Wildman–Crippen LogP) is 4.32. The fourth-order valence-corrected chi connectivity index (χ4v) is 3.36. The molecule has 21 heavy (non-hydrogen) atoms. The van der Waals surface area contributed by atoms with Gasteiger partial charge in [0.15, 0.2) is 0 Å². The Hall–Kier alpha value is -1.22. The first-order valence-electron chi connectivity index (χ1n) is 7.87. The largest absolute Gasteiger partial charge is 0.355 e. The molecular formula is C18H25NOS. The van der Waals surface area contributed by atoms with Gasteiger partial charge in [-0.05, 0) is 44.6 Å². The van der Waals surface area contributed by atoms with Crippen LogP contribution in [0.4, 0.5) is 0 Å². The van der Waals surface area contributed by atoms with Crippen molar-refractivity contribution in [3.8, 4) is 0 Å². The van der Waals surface area contributed by atoms with Crippen LogP contribution in [-0.2, 0) is 10.5 Å². The number of hydrogen-bond donors (Lipinski definition) is 1. The second kappa shape index (κ2) is 8.93. The molecule has 0 aromatic heterocycles. The number of carbonyl (C=O) groups excluding carboxylic acids is 1. The van der Waals surface area contributed by atoms with Crippen molar-refractivity contribution in [1.82, 2.24) is 5.32 Å². The minimum atomic E-state index is 0.00513. The lowest BCUT2D eigenvalue weighted by atomic mass is 9.97. The van der Waals surface area contributed by atoms with Gasteiger partial charge in [0.1, 0.15) is 0 Å². The molecule has 1 atom stereocenters. The lowest BCUT2D eigenvalue weighted by Gasteiger charge is -2.15. The van der Waals surface area contributed by atoms with Crippen molar-refractivity contribution in [3.63, 3.8) is 0 Å². The van der Waals surface area contributed by atoms with E-state index in [0.29, 0.717) is 0 Å². The van der Waals surface area contributed by atoms with Crippen LogP contribution in [0.1, 0.15) is 44.6 Å². The SMILES string of the molecule is CC(SCc1ccccc1)C(=O)NCCC1=CCCCC1. The maximum atomic E-state index is 12.1. The first kappa shape index (κ1) is 16.2. The number of hydrogen-bond acceptors (Lipinski definition) is 2. The lowest BCUT2D eigenvalue weighted by Crippen LogP contribution is -2.32. The molecule has 0 radical (unpaired) electrons. The number of thioether (sulfide) groups is 1. The highest BCUT2D eigenvalue weighted by molar-refractivity contribution is 7.99. The molecule has 0 aliphatic heterocycles. The second-order valence-electron chi connectivity index (χ2n) is 5.59. The van der Waals surface area contributed by atoms with Gasteiger partial charge in [-0.25, -0.2) is 0 Å². The van der Waals surface area contributed by atoms with Gasteiger partial charge in [0, 0.05) is 12.3 Å². The number of benzene rings is 1. The van der Waals surface area contributed by atoms with Crippen LogP contribution in [0.5, 0.6) is 0 Å². The van der Waals surface area contributed by atoms with E-state index in [-0.39, 0.29) is 11.2 Å². The summed E-state index contributed by atoms with van der Waals surface area (Å²) in [6, 6.07) is 10.3. The Balaban J connectivity index is 1.64. The minimum Gasteiger partial charge on any atom is -0.355 e. The molecular weight excluding hydrogens is 278 g/mol. The lowest BCUT2D eigenvalue weighted by molar-refractivity contribution is -0.120. The van der Waals surface area contributed by atoms with Gasteiger partial charge in [0.25, 0.3) is 0 Å². The van der Waals surface area contributed by atoms with Gasteiger partial charge in [-0.1, -0.05) is 42.0 Å². The van der Waals surface area contributed by atoms with Gasteiger partial charge in [-0.15, -0.1) is 11.8 Å². The average Bonchev–Trinajstić information content (AvgIpc) is 2.54. The summed E-state index contributed by atoms with van der Waals surface area (Å²) in [6.07, 6.45) is 8.43. The fourth-order valence-electron chi connectivity index (χ4n) is 2.49. The minimum absolute atomic E-state index is 0.00513. The average molecular weight is 303 g/mol. The van der Waals surface area contributed by atoms with E-state index in [1.807, 2.05) is 25.1 Å². The smallest absolute Gasteiger partial charge is 0.232 e. The summed E-state index contributed by atoms with van der Waals surface area (Å²) < 4.78 is 0. The van der Waals surface area contributed by atoms with Crippen molar-refractivity contribution < 1.29 is 4.79 Å². The zero-order valence-electron chi connectivity index (χ0n) is 12.8. The highest BCUT2D eigenvalue weighted by Gasteiger charge is 2.13. The van der Waals surface area contributed by atoms with Crippen LogP contribution in [0.15, 0.2) is 42.0 Å². The van der Waals surface area contributed by atoms with Crippen LogP contribution >= 0.6 is 11.8 Å². The molecule has 1 aliphatic rings. The quantitative estimate of drug-likeness (QED) is 0.760. The van der Waals surface area contributed by atoms with Crippen LogP contribution in [0, 0.1) is 0 Å². The van der Waals surface area contributed by atoms with E-state index in [4.69, 9.17) is 0 Å². The Labute approximate surface area is 132 Å². The van der Waals surface area contributed by atoms with Crippen LogP contribution in [-0.4, -0.2) is 17.7 Å². The Morgan fingerprint density at radius 2 is 2.10 bits per heavy atom. The summed E-state index contributed by atoms with van der Waals surface area (Å²) in [6.45, 7) is 2.77. The maximum Gasteiger partial charge on any atom is 0.232 e. The van der Waals surface area contributed by atoms with E-state index in [9.17, 15) is 4.79 Å². The van der Waals surface area contributed by atoms with Crippen LogP contribution in [0.25, 0.3) is 0 Å². The zero-order valence-corrected chi connectivity index (χ0v) is 13.6. The molecule has 1 amide bonds. The summed E-state index contributed by atoms with van der Waals surface area (Å²) in [5, 5.41) is 3.07. The summed E-state index contributed by atoms with van der Waals surface area (Å²) in [7, 11) is 0. The van der Waals surface area contributed by atoms with Gasteiger partial charge in [-0.2, -0.15) is 0 Å². The molecule has 1 unspecified atom stereocenters. The van der Waals surface area contributed by atoms with Crippen molar-refractivity contribution in [2.45, 2.75) is 50.0 Å². The maximum absolute atomic E-state index is 12.1. The molecule has 0 heterocycles. The molecule has 1 aromatic rings.